The normalized spacial score (nSPS) is 18.6. The number of nitro groups is 1. The molecule has 1 amide bonds. The summed E-state index contributed by atoms with van der Waals surface area (Å²) in [5.41, 5.74) is 0. The van der Waals surface area contributed by atoms with Gasteiger partial charge in [-0.3, -0.25) is 14.9 Å². The van der Waals surface area contributed by atoms with Gasteiger partial charge in [0.2, 0.25) is 0 Å². The molecular weight excluding hydrogens is 272 g/mol. The highest BCUT2D eigenvalue weighted by molar-refractivity contribution is 5.92. The van der Waals surface area contributed by atoms with Crippen molar-refractivity contribution in [1.82, 2.24) is 4.90 Å². The molecule has 20 heavy (non-hydrogen) atoms. The van der Waals surface area contributed by atoms with Crippen LogP contribution in [0.2, 0.25) is 0 Å². The van der Waals surface area contributed by atoms with Gasteiger partial charge in [0, 0.05) is 6.54 Å². The maximum absolute atomic E-state index is 12.1. The standard InChI is InChI=1S/C11H12N2O7/c1-18-11(15)8-6-12(4-5-19-8)10(14)7-2-3-9(20-7)13(16)17/h2-3,8H,4-6H2,1H3. The number of furan rings is 1. The van der Waals surface area contributed by atoms with Gasteiger partial charge in [-0.2, -0.15) is 0 Å². The predicted octanol–water partition coefficient (Wildman–Crippen LogP) is 0.202. The van der Waals surface area contributed by atoms with Crippen LogP contribution < -0.4 is 0 Å². The number of hydrogen-bond donors (Lipinski definition) is 0. The molecule has 0 saturated carbocycles. The predicted molar refractivity (Wildman–Crippen MR) is 63.0 cm³/mol. The molecule has 1 aromatic rings. The summed E-state index contributed by atoms with van der Waals surface area (Å²) in [6.07, 6.45) is -0.859. The number of carbonyl (C=O) groups is 2. The summed E-state index contributed by atoms with van der Waals surface area (Å²) >= 11 is 0. The molecule has 1 fully saturated rings. The van der Waals surface area contributed by atoms with Crippen molar-refractivity contribution in [1.29, 1.82) is 0 Å². The fourth-order valence-electron chi connectivity index (χ4n) is 1.80. The lowest BCUT2D eigenvalue weighted by molar-refractivity contribution is -0.402. The first-order valence-electron chi connectivity index (χ1n) is 5.76. The lowest BCUT2D eigenvalue weighted by Gasteiger charge is -2.30. The second-order valence-corrected chi connectivity index (χ2v) is 4.03. The second-order valence-electron chi connectivity index (χ2n) is 4.03. The van der Waals surface area contributed by atoms with Gasteiger partial charge in [-0.15, -0.1) is 0 Å². The monoisotopic (exact) mass is 284 g/mol. The van der Waals surface area contributed by atoms with Crippen molar-refractivity contribution in [3.63, 3.8) is 0 Å². The third-order valence-electron chi connectivity index (χ3n) is 2.80. The SMILES string of the molecule is COC(=O)C1CN(C(=O)c2ccc([N+](=O)[O-])o2)CCO1. The Balaban J connectivity index is 2.08. The largest absolute Gasteiger partial charge is 0.467 e. The summed E-state index contributed by atoms with van der Waals surface area (Å²) in [7, 11) is 1.22. The molecule has 1 unspecified atom stereocenters. The molecule has 0 radical (unpaired) electrons. The summed E-state index contributed by atoms with van der Waals surface area (Å²) in [4.78, 5) is 34.6. The molecule has 1 atom stereocenters. The molecule has 1 aliphatic heterocycles. The molecule has 9 nitrogen and oxygen atoms in total. The molecule has 0 bridgehead atoms. The zero-order chi connectivity index (χ0) is 14.7. The van der Waals surface area contributed by atoms with Crippen molar-refractivity contribution in [3.05, 3.63) is 28.0 Å². The lowest BCUT2D eigenvalue weighted by atomic mass is 10.2. The number of ether oxygens (including phenoxy) is 2. The van der Waals surface area contributed by atoms with Gasteiger partial charge in [-0.1, -0.05) is 0 Å². The Morgan fingerprint density at radius 1 is 1.50 bits per heavy atom. The van der Waals surface area contributed by atoms with Crippen LogP contribution in [-0.4, -0.2) is 54.6 Å². The Kier molecular flexibility index (Phi) is 3.99. The number of esters is 1. The quantitative estimate of drug-likeness (QED) is 0.442. The Morgan fingerprint density at radius 2 is 2.25 bits per heavy atom. The molecule has 1 aromatic heterocycles. The van der Waals surface area contributed by atoms with E-state index in [1.54, 1.807) is 0 Å². The first-order valence-corrected chi connectivity index (χ1v) is 5.76. The summed E-state index contributed by atoms with van der Waals surface area (Å²) in [6, 6.07) is 2.33. The van der Waals surface area contributed by atoms with Crippen LogP contribution in [0.25, 0.3) is 0 Å². The van der Waals surface area contributed by atoms with E-state index >= 15 is 0 Å². The molecule has 1 aliphatic rings. The van der Waals surface area contributed by atoms with Crippen molar-refractivity contribution >= 4 is 17.8 Å². The van der Waals surface area contributed by atoms with Gasteiger partial charge in [0.25, 0.3) is 5.91 Å². The van der Waals surface area contributed by atoms with Gasteiger partial charge < -0.3 is 18.8 Å². The van der Waals surface area contributed by atoms with Gasteiger partial charge in [-0.25, -0.2) is 4.79 Å². The van der Waals surface area contributed by atoms with E-state index in [2.05, 4.69) is 4.74 Å². The van der Waals surface area contributed by atoms with Crippen molar-refractivity contribution in [3.8, 4) is 0 Å². The smallest absolute Gasteiger partial charge is 0.433 e. The van der Waals surface area contributed by atoms with Crippen molar-refractivity contribution in [2.75, 3.05) is 26.8 Å². The number of nitrogens with zero attached hydrogens (tertiary/aromatic N) is 2. The number of methoxy groups -OCH3 is 1. The van der Waals surface area contributed by atoms with E-state index in [9.17, 15) is 19.7 Å². The van der Waals surface area contributed by atoms with Crippen LogP contribution in [0.15, 0.2) is 16.5 Å². The van der Waals surface area contributed by atoms with Gasteiger partial charge >= 0.3 is 11.9 Å². The minimum atomic E-state index is -0.859. The summed E-state index contributed by atoms with van der Waals surface area (Å²) in [5.74, 6) is -1.77. The summed E-state index contributed by atoms with van der Waals surface area (Å²) < 4.78 is 14.6. The van der Waals surface area contributed by atoms with Crippen LogP contribution in [0.5, 0.6) is 0 Å². The maximum Gasteiger partial charge on any atom is 0.433 e. The Bertz CT molecular complexity index is 539. The van der Waals surface area contributed by atoms with Crippen molar-refractivity contribution < 1.29 is 28.4 Å². The fraction of sp³-hybridized carbons (Fsp3) is 0.455. The summed E-state index contributed by atoms with van der Waals surface area (Å²) in [6.45, 7) is 0.454. The van der Waals surface area contributed by atoms with Crippen LogP contribution >= 0.6 is 0 Å². The average molecular weight is 284 g/mol. The van der Waals surface area contributed by atoms with Gasteiger partial charge in [-0.05, 0) is 6.07 Å². The number of rotatable bonds is 3. The Labute approximate surface area is 113 Å². The number of carbonyl (C=O) groups excluding carboxylic acids is 2. The molecule has 2 rings (SSSR count). The third kappa shape index (κ3) is 2.77. The van der Waals surface area contributed by atoms with Crippen LogP contribution in [0.4, 0.5) is 5.88 Å². The van der Waals surface area contributed by atoms with Gasteiger partial charge in [0.1, 0.15) is 4.92 Å². The van der Waals surface area contributed by atoms with E-state index in [-0.39, 0.29) is 25.5 Å². The van der Waals surface area contributed by atoms with E-state index in [0.29, 0.717) is 0 Å². The third-order valence-corrected chi connectivity index (χ3v) is 2.80. The molecule has 2 heterocycles. The van der Waals surface area contributed by atoms with E-state index < -0.39 is 28.8 Å². The van der Waals surface area contributed by atoms with Crippen LogP contribution in [0.1, 0.15) is 10.6 Å². The molecular formula is C11H12N2O7. The molecule has 9 heteroatoms. The number of morpholine rings is 1. The highest BCUT2D eigenvalue weighted by atomic mass is 16.6. The van der Waals surface area contributed by atoms with E-state index in [0.717, 1.165) is 6.07 Å². The van der Waals surface area contributed by atoms with Crippen LogP contribution in [0, 0.1) is 10.1 Å². The topological polar surface area (TPSA) is 112 Å². The molecule has 0 aromatic carbocycles. The van der Waals surface area contributed by atoms with E-state index in [1.807, 2.05) is 0 Å². The van der Waals surface area contributed by atoms with Crippen molar-refractivity contribution in [2.24, 2.45) is 0 Å². The zero-order valence-electron chi connectivity index (χ0n) is 10.6. The van der Waals surface area contributed by atoms with Crippen molar-refractivity contribution in [2.45, 2.75) is 6.10 Å². The summed E-state index contributed by atoms with van der Waals surface area (Å²) in [5, 5.41) is 10.5. The highest BCUT2D eigenvalue weighted by Crippen LogP contribution is 2.18. The maximum atomic E-state index is 12.1. The van der Waals surface area contributed by atoms with Gasteiger partial charge in [0.15, 0.2) is 11.9 Å². The average Bonchev–Trinajstić information content (AvgIpc) is 2.95. The highest BCUT2D eigenvalue weighted by Gasteiger charge is 2.32. The van der Waals surface area contributed by atoms with E-state index in [1.165, 1.54) is 18.1 Å². The van der Waals surface area contributed by atoms with Gasteiger partial charge in [0.05, 0.1) is 26.3 Å². The molecule has 108 valence electrons. The fourth-order valence-corrected chi connectivity index (χ4v) is 1.80. The first-order chi connectivity index (χ1) is 9.52. The molecule has 0 N–H and O–H groups in total. The zero-order valence-corrected chi connectivity index (χ0v) is 10.6. The van der Waals surface area contributed by atoms with Crippen LogP contribution in [0.3, 0.4) is 0 Å². The number of hydrogen-bond acceptors (Lipinski definition) is 7. The Hall–Kier alpha value is -2.42. The molecule has 1 saturated heterocycles. The second kappa shape index (κ2) is 5.70. The minimum absolute atomic E-state index is 0.0139. The first kappa shape index (κ1) is 14.0. The molecule has 0 spiro atoms. The Morgan fingerprint density at radius 3 is 2.85 bits per heavy atom. The van der Waals surface area contributed by atoms with E-state index in [4.69, 9.17) is 9.15 Å². The molecule has 0 aliphatic carbocycles. The number of amides is 1. The minimum Gasteiger partial charge on any atom is -0.467 e. The lowest BCUT2D eigenvalue weighted by Crippen LogP contribution is -2.48. The van der Waals surface area contributed by atoms with Crippen LogP contribution in [-0.2, 0) is 14.3 Å².